The van der Waals surface area contributed by atoms with Gasteiger partial charge in [-0.25, -0.2) is 9.59 Å². The molecule has 2 amide bonds. The van der Waals surface area contributed by atoms with Crippen molar-refractivity contribution < 1.29 is 14.7 Å². The summed E-state index contributed by atoms with van der Waals surface area (Å²) in [5.74, 6) is -0.976. The predicted octanol–water partition coefficient (Wildman–Crippen LogP) is 2.01. The molecule has 0 spiro atoms. The number of carbonyl (C=O) groups excluding carboxylic acids is 1. The molecule has 1 aliphatic heterocycles. The van der Waals surface area contributed by atoms with Crippen LogP contribution in [0.2, 0.25) is 0 Å². The second-order valence-corrected chi connectivity index (χ2v) is 4.82. The predicted molar refractivity (Wildman–Crippen MR) is 72.3 cm³/mol. The van der Waals surface area contributed by atoms with Crippen LogP contribution < -0.4 is 10.2 Å². The molecule has 1 unspecified atom stereocenters. The van der Waals surface area contributed by atoms with Gasteiger partial charge in [0.15, 0.2) is 0 Å². The van der Waals surface area contributed by atoms with Gasteiger partial charge >= 0.3 is 12.0 Å². The van der Waals surface area contributed by atoms with E-state index in [0.29, 0.717) is 12.1 Å². The highest BCUT2D eigenvalue weighted by Gasteiger charge is 2.38. The number of hydrogen-bond acceptors (Lipinski definition) is 2. The number of rotatable bonds is 3. The van der Waals surface area contributed by atoms with Crippen molar-refractivity contribution in [2.45, 2.75) is 38.8 Å². The maximum atomic E-state index is 12.2. The number of nitrogens with one attached hydrogen (secondary N) is 1. The highest BCUT2D eigenvalue weighted by molar-refractivity contribution is 6.01. The van der Waals surface area contributed by atoms with Gasteiger partial charge in [0.1, 0.15) is 6.04 Å². The van der Waals surface area contributed by atoms with Gasteiger partial charge in [-0.1, -0.05) is 25.1 Å². The Labute approximate surface area is 112 Å². The van der Waals surface area contributed by atoms with E-state index in [4.69, 9.17) is 0 Å². The van der Waals surface area contributed by atoms with E-state index in [1.807, 2.05) is 32.0 Å². The molecule has 2 rings (SSSR count). The fourth-order valence-electron chi connectivity index (χ4n) is 2.22. The van der Waals surface area contributed by atoms with E-state index in [-0.39, 0.29) is 12.1 Å². The quantitative estimate of drug-likeness (QED) is 0.875. The van der Waals surface area contributed by atoms with Crippen molar-refractivity contribution >= 4 is 17.7 Å². The summed E-state index contributed by atoms with van der Waals surface area (Å²) in [5.41, 5.74) is 1.59. The van der Waals surface area contributed by atoms with Crippen LogP contribution in [0.25, 0.3) is 0 Å². The molecule has 1 aromatic carbocycles. The van der Waals surface area contributed by atoms with E-state index in [1.54, 1.807) is 6.07 Å². The van der Waals surface area contributed by atoms with Gasteiger partial charge in [0, 0.05) is 18.2 Å². The minimum atomic E-state index is -0.976. The fraction of sp³-hybridized carbons (Fsp3) is 0.429. The third-order valence-corrected chi connectivity index (χ3v) is 3.46. The molecule has 1 aromatic rings. The van der Waals surface area contributed by atoms with Crippen molar-refractivity contribution in [3.63, 3.8) is 0 Å². The largest absolute Gasteiger partial charge is 0.480 e. The Morgan fingerprint density at radius 1 is 1.47 bits per heavy atom. The monoisotopic (exact) mass is 262 g/mol. The van der Waals surface area contributed by atoms with Gasteiger partial charge in [-0.15, -0.1) is 0 Å². The van der Waals surface area contributed by atoms with Crippen LogP contribution in [0, 0.1) is 0 Å². The maximum absolute atomic E-state index is 12.2. The van der Waals surface area contributed by atoms with Gasteiger partial charge in [0.05, 0.1) is 0 Å². The number of hydrogen-bond donors (Lipinski definition) is 2. The number of para-hydroxylation sites is 1. The first-order valence-corrected chi connectivity index (χ1v) is 6.45. The van der Waals surface area contributed by atoms with Crippen molar-refractivity contribution in [3.05, 3.63) is 29.8 Å². The van der Waals surface area contributed by atoms with Crippen LogP contribution in [-0.4, -0.2) is 29.2 Å². The van der Waals surface area contributed by atoms with Gasteiger partial charge in [-0.3, -0.25) is 4.90 Å². The van der Waals surface area contributed by atoms with Crippen LogP contribution in [0.5, 0.6) is 0 Å². The van der Waals surface area contributed by atoms with Crippen LogP contribution in [0.1, 0.15) is 25.8 Å². The molecule has 0 aliphatic carbocycles. The van der Waals surface area contributed by atoms with E-state index in [2.05, 4.69) is 5.32 Å². The zero-order valence-corrected chi connectivity index (χ0v) is 11.1. The molecule has 0 saturated carbocycles. The van der Waals surface area contributed by atoms with Gasteiger partial charge in [0.2, 0.25) is 0 Å². The second kappa shape index (κ2) is 5.30. The average molecular weight is 262 g/mol. The van der Waals surface area contributed by atoms with Gasteiger partial charge < -0.3 is 10.4 Å². The van der Waals surface area contributed by atoms with E-state index >= 15 is 0 Å². The number of fused-ring (bicyclic) bond motifs is 1. The zero-order chi connectivity index (χ0) is 14.0. The first kappa shape index (κ1) is 13.4. The molecule has 0 saturated heterocycles. The summed E-state index contributed by atoms with van der Waals surface area (Å²) in [6.45, 7) is 3.87. The summed E-state index contributed by atoms with van der Waals surface area (Å²) in [6.07, 6.45) is 1.17. The molecule has 5 nitrogen and oxygen atoms in total. The standard InChI is InChI=1S/C14H18N2O3/c1-3-9(2)15-14(19)16-11-7-5-4-6-10(11)8-12(16)13(17)18/h4-7,9,12H,3,8H2,1-2H3,(H,15,19)(H,17,18)/t9?,12-/m0/s1. The summed E-state index contributed by atoms with van der Waals surface area (Å²) in [6, 6.07) is 6.18. The molecule has 0 radical (unpaired) electrons. The molecule has 0 aromatic heterocycles. The van der Waals surface area contributed by atoms with Crippen LogP contribution in [0.3, 0.4) is 0 Å². The minimum absolute atomic E-state index is 0.0229. The second-order valence-electron chi connectivity index (χ2n) is 4.82. The van der Waals surface area contributed by atoms with E-state index < -0.39 is 12.0 Å². The third kappa shape index (κ3) is 2.54. The first-order chi connectivity index (χ1) is 9.04. The summed E-state index contributed by atoms with van der Waals surface area (Å²) in [7, 11) is 0. The van der Waals surface area contributed by atoms with Gasteiger partial charge in [-0.05, 0) is 25.0 Å². The minimum Gasteiger partial charge on any atom is -0.480 e. The number of nitrogens with zero attached hydrogens (tertiary/aromatic N) is 1. The Balaban J connectivity index is 2.29. The van der Waals surface area contributed by atoms with Crippen LogP contribution >= 0.6 is 0 Å². The number of carbonyl (C=O) groups is 2. The van der Waals surface area contributed by atoms with Crippen molar-refractivity contribution in [1.29, 1.82) is 0 Å². The van der Waals surface area contributed by atoms with Crippen LogP contribution in [-0.2, 0) is 11.2 Å². The van der Waals surface area contributed by atoms with Crippen LogP contribution in [0.4, 0.5) is 10.5 Å². The van der Waals surface area contributed by atoms with E-state index in [0.717, 1.165) is 12.0 Å². The Bertz CT molecular complexity index is 501. The Morgan fingerprint density at radius 2 is 2.16 bits per heavy atom. The Kier molecular flexibility index (Phi) is 3.74. The Morgan fingerprint density at radius 3 is 2.79 bits per heavy atom. The molecule has 0 bridgehead atoms. The Hall–Kier alpha value is -2.04. The molecule has 2 atom stereocenters. The average Bonchev–Trinajstić information content (AvgIpc) is 2.78. The number of anilines is 1. The molecular formula is C14H18N2O3. The summed E-state index contributed by atoms with van der Waals surface area (Å²) >= 11 is 0. The van der Waals surface area contributed by atoms with E-state index in [9.17, 15) is 14.7 Å². The molecule has 5 heteroatoms. The molecule has 102 valence electrons. The number of amides is 2. The molecule has 19 heavy (non-hydrogen) atoms. The molecule has 1 aliphatic rings. The van der Waals surface area contributed by atoms with Crippen LogP contribution in [0.15, 0.2) is 24.3 Å². The summed E-state index contributed by atoms with van der Waals surface area (Å²) in [5, 5.41) is 12.1. The molecule has 1 heterocycles. The smallest absolute Gasteiger partial charge is 0.327 e. The highest BCUT2D eigenvalue weighted by Crippen LogP contribution is 2.32. The number of carboxylic acids is 1. The lowest BCUT2D eigenvalue weighted by Gasteiger charge is -2.24. The lowest BCUT2D eigenvalue weighted by Crippen LogP contribution is -2.50. The number of benzene rings is 1. The number of urea groups is 1. The number of aliphatic carboxylic acids is 1. The normalized spacial score (nSPS) is 18.8. The lowest BCUT2D eigenvalue weighted by atomic mass is 10.1. The van der Waals surface area contributed by atoms with Crippen molar-refractivity contribution in [2.75, 3.05) is 4.90 Å². The molecular weight excluding hydrogens is 244 g/mol. The van der Waals surface area contributed by atoms with Gasteiger partial charge in [0.25, 0.3) is 0 Å². The number of carboxylic acid groups (broad SMARTS) is 1. The third-order valence-electron chi connectivity index (χ3n) is 3.46. The molecule has 0 fully saturated rings. The van der Waals surface area contributed by atoms with Crippen molar-refractivity contribution in [1.82, 2.24) is 5.32 Å². The summed E-state index contributed by atoms with van der Waals surface area (Å²) < 4.78 is 0. The summed E-state index contributed by atoms with van der Waals surface area (Å²) in [4.78, 5) is 24.9. The maximum Gasteiger partial charge on any atom is 0.327 e. The van der Waals surface area contributed by atoms with Gasteiger partial charge in [-0.2, -0.15) is 0 Å². The van der Waals surface area contributed by atoms with E-state index in [1.165, 1.54) is 4.90 Å². The van der Waals surface area contributed by atoms with Crippen molar-refractivity contribution in [3.8, 4) is 0 Å². The topological polar surface area (TPSA) is 69.6 Å². The fourth-order valence-corrected chi connectivity index (χ4v) is 2.22. The molecule has 2 N–H and O–H groups in total. The zero-order valence-electron chi connectivity index (χ0n) is 11.1. The van der Waals surface area contributed by atoms with Crippen molar-refractivity contribution in [2.24, 2.45) is 0 Å². The highest BCUT2D eigenvalue weighted by atomic mass is 16.4. The SMILES string of the molecule is CCC(C)NC(=O)N1c2ccccc2C[C@H]1C(=O)O. The lowest BCUT2D eigenvalue weighted by molar-refractivity contribution is -0.138. The first-order valence-electron chi connectivity index (χ1n) is 6.45.